The van der Waals surface area contributed by atoms with E-state index in [-0.39, 0.29) is 9.92 Å². The van der Waals surface area contributed by atoms with E-state index in [1.165, 1.54) is 0 Å². The number of aryl methyl sites for hydroxylation is 1. The predicted octanol–water partition coefficient (Wildman–Crippen LogP) is 5.00. The fraction of sp³-hybridized carbons (Fsp3) is 0.0769. The summed E-state index contributed by atoms with van der Waals surface area (Å²) in [4.78, 5) is -0.372. The zero-order valence-corrected chi connectivity index (χ0v) is 14.5. The van der Waals surface area contributed by atoms with Crippen molar-refractivity contribution in [2.45, 2.75) is 11.8 Å². The summed E-state index contributed by atoms with van der Waals surface area (Å²) in [5, 5.41) is -0.779. The minimum Gasteiger partial charge on any atom is -0.280 e. The summed E-state index contributed by atoms with van der Waals surface area (Å²) >= 11 is 14.6. The highest BCUT2D eigenvalue weighted by molar-refractivity contribution is 9.10. The molecule has 0 aliphatic heterocycles. The normalized spacial score (nSPS) is 11.5. The van der Waals surface area contributed by atoms with Gasteiger partial charge in [-0.3, -0.25) is 4.72 Å². The largest absolute Gasteiger partial charge is 0.280 e. The Balaban J connectivity index is 2.43. The molecule has 0 aromatic heterocycles. The van der Waals surface area contributed by atoms with Crippen molar-refractivity contribution in [3.63, 3.8) is 0 Å². The molecular weight excluding hydrogens is 404 g/mol. The Kier molecular flexibility index (Phi) is 4.82. The lowest BCUT2D eigenvalue weighted by molar-refractivity contribution is 0.595. The molecule has 0 atom stereocenters. The van der Waals surface area contributed by atoms with E-state index in [4.69, 9.17) is 23.2 Å². The molecule has 8 heteroatoms. The highest BCUT2D eigenvalue weighted by Gasteiger charge is 2.22. The summed E-state index contributed by atoms with van der Waals surface area (Å²) in [6.45, 7) is 1.87. The van der Waals surface area contributed by atoms with Gasteiger partial charge in [0.25, 0.3) is 10.0 Å². The first-order valence-electron chi connectivity index (χ1n) is 5.65. The smallest absolute Gasteiger partial charge is 0.263 e. The van der Waals surface area contributed by atoms with Crippen LogP contribution in [0.3, 0.4) is 0 Å². The van der Waals surface area contributed by atoms with Gasteiger partial charge < -0.3 is 0 Å². The first kappa shape index (κ1) is 16.5. The average molecular weight is 413 g/mol. The van der Waals surface area contributed by atoms with Crippen molar-refractivity contribution in [2.75, 3.05) is 4.72 Å². The van der Waals surface area contributed by atoms with Crippen molar-refractivity contribution in [1.29, 1.82) is 0 Å². The zero-order chi connectivity index (χ0) is 15.8. The molecule has 21 heavy (non-hydrogen) atoms. The van der Waals surface area contributed by atoms with Gasteiger partial charge in [-0.15, -0.1) is 0 Å². The number of halogens is 4. The number of hydrogen-bond acceptors (Lipinski definition) is 2. The number of benzene rings is 2. The van der Waals surface area contributed by atoms with Gasteiger partial charge in [0.2, 0.25) is 0 Å². The Bertz CT molecular complexity index is 812. The summed E-state index contributed by atoms with van der Waals surface area (Å²) in [7, 11) is -4.01. The van der Waals surface area contributed by atoms with Gasteiger partial charge in [0.05, 0.1) is 10.0 Å². The van der Waals surface area contributed by atoms with Crippen LogP contribution in [0.25, 0.3) is 0 Å². The molecule has 0 saturated heterocycles. The van der Waals surface area contributed by atoms with Gasteiger partial charge in [-0.05, 0) is 36.8 Å². The van der Waals surface area contributed by atoms with Crippen molar-refractivity contribution < 1.29 is 12.8 Å². The van der Waals surface area contributed by atoms with Gasteiger partial charge in [0, 0.05) is 10.2 Å². The molecule has 0 aliphatic carbocycles. The van der Waals surface area contributed by atoms with Crippen LogP contribution in [-0.4, -0.2) is 8.42 Å². The van der Waals surface area contributed by atoms with Crippen molar-refractivity contribution in [3.8, 4) is 0 Å². The van der Waals surface area contributed by atoms with Crippen molar-refractivity contribution in [1.82, 2.24) is 0 Å². The second-order valence-corrected chi connectivity index (χ2v) is 7.53. The summed E-state index contributed by atoms with van der Waals surface area (Å²) in [5.74, 6) is -0.966. The Morgan fingerprint density at radius 2 is 1.86 bits per heavy atom. The lowest BCUT2D eigenvalue weighted by atomic mass is 10.2. The third kappa shape index (κ3) is 3.51. The lowest BCUT2D eigenvalue weighted by Crippen LogP contribution is -2.14. The van der Waals surface area contributed by atoms with Crippen LogP contribution in [0, 0.1) is 12.7 Å². The molecular formula is C13H9BrCl2FNO2S. The summed E-state index contributed by atoms with van der Waals surface area (Å²) in [5.41, 5.74) is 1.28. The van der Waals surface area contributed by atoms with Crippen LogP contribution >= 0.6 is 39.1 Å². The molecule has 0 fully saturated rings. The van der Waals surface area contributed by atoms with Crippen LogP contribution in [0.15, 0.2) is 39.7 Å². The minimum absolute atomic E-state index is 0.239. The van der Waals surface area contributed by atoms with E-state index >= 15 is 0 Å². The Hall–Kier alpha value is -0.820. The molecule has 1 N–H and O–H groups in total. The topological polar surface area (TPSA) is 46.2 Å². The molecule has 0 heterocycles. The summed E-state index contributed by atoms with van der Waals surface area (Å²) in [6, 6.07) is 7.23. The van der Waals surface area contributed by atoms with Crippen LogP contribution < -0.4 is 4.72 Å². The molecule has 0 aliphatic rings. The molecule has 2 aromatic carbocycles. The molecule has 0 amide bonds. The van der Waals surface area contributed by atoms with Crippen LogP contribution in [-0.2, 0) is 10.0 Å². The molecule has 0 spiro atoms. The molecule has 3 nitrogen and oxygen atoms in total. The standard InChI is InChI=1S/C13H9BrCl2FNO2S/c1-7-2-3-8(6-9(7)14)18-21(19,20)11-5-4-10(15)13(17)12(11)16/h2-6,18H,1H3. The highest BCUT2D eigenvalue weighted by atomic mass is 79.9. The van der Waals surface area contributed by atoms with Gasteiger partial charge in [0.15, 0.2) is 5.82 Å². The fourth-order valence-corrected chi connectivity index (χ4v) is 3.76. The van der Waals surface area contributed by atoms with E-state index in [1.54, 1.807) is 18.2 Å². The van der Waals surface area contributed by atoms with E-state index in [2.05, 4.69) is 20.7 Å². The van der Waals surface area contributed by atoms with Crippen molar-refractivity contribution >= 4 is 54.8 Å². The molecule has 0 unspecified atom stereocenters. The number of rotatable bonds is 3. The summed E-state index contributed by atoms with van der Waals surface area (Å²) in [6.07, 6.45) is 0. The summed E-state index contributed by atoms with van der Waals surface area (Å²) < 4.78 is 41.2. The third-order valence-electron chi connectivity index (χ3n) is 2.71. The van der Waals surface area contributed by atoms with Gasteiger partial charge in [-0.2, -0.15) is 0 Å². The van der Waals surface area contributed by atoms with Gasteiger partial charge in [-0.25, -0.2) is 12.8 Å². The van der Waals surface area contributed by atoms with E-state index in [0.29, 0.717) is 5.69 Å². The monoisotopic (exact) mass is 411 g/mol. The number of nitrogens with one attached hydrogen (secondary N) is 1. The van der Waals surface area contributed by atoms with Crippen molar-refractivity contribution in [3.05, 3.63) is 56.2 Å². The van der Waals surface area contributed by atoms with Crippen LogP contribution in [0.2, 0.25) is 10.0 Å². The zero-order valence-electron chi connectivity index (χ0n) is 10.6. The molecule has 112 valence electrons. The van der Waals surface area contributed by atoms with Crippen molar-refractivity contribution in [2.24, 2.45) is 0 Å². The fourth-order valence-electron chi connectivity index (χ4n) is 1.58. The van der Waals surface area contributed by atoms with Crippen LogP contribution in [0.1, 0.15) is 5.56 Å². The maximum Gasteiger partial charge on any atom is 0.263 e. The lowest BCUT2D eigenvalue weighted by Gasteiger charge is -2.11. The molecule has 2 rings (SSSR count). The van der Waals surface area contributed by atoms with E-state index < -0.39 is 20.9 Å². The number of anilines is 1. The Morgan fingerprint density at radius 1 is 1.19 bits per heavy atom. The molecule has 0 bridgehead atoms. The average Bonchev–Trinajstić information content (AvgIpc) is 2.39. The first-order valence-corrected chi connectivity index (χ1v) is 8.68. The first-order chi connectivity index (χ1) is 9.72. The van der Waals surface area contributed by atoms with Crippen LogP contribution in [0.5, 0.6) is 0 Å². The number of sulfonamides is 1. The maximum absolute atomic E-state index is 13.6. The SMILES string of the molecule is Cc1ccc(NS(=O)(=O)c2ccc(Cl)c(F)c2Cl)cc1Br. The Labute approximate surface area is 140 Å². The van der Waals surface area contributed by atoms with Gasteiger partial charge in [-0.1, -0.05) is 45.2 Å². The Morgan fingerprint density at radius 3 is 2.48 bits per heavy atom. The maximum atomic E-state index is 13.6. The minimum atomic E-state index is -4.01. The van der Waals surface area contributed by atoms with E-state index in [0.717, 1.165) is 22.2 Å². The number of hydrogen-bond donors (Lipinski definition) is 1. The quantitative estimate of drug-likeness (QED) is 0.720. The molecule has 0 radical (unpaired) electrons. The van der Waals surface area contributed by atoms with Gasteiger partial charge >= 0.3 is 0 Å². The molecule has 0 saturated carbocycles. The highest BCUT2D eigenvalue weighted by Crippen LogP contribution is 2.31. The third-order valence-corrected chi connectivity index (χ3v) is 5.76. The van der Waals surface area contributed by atoms with E-state index in [1.807, 2.05) is 6.92 Å². The molecule has 2 aromatic rings. The van der Waals surface area contributed by atoms with E-state index in [9.17, 15) is 12.8 Å². The predicted molar refractivity (Wildman–Crippen MR) is 86.1 cm³/mol. The van der Waals surface area contributed by atoms with Gasteiger partial charge in [0.1, 0.15) is 4.90 Å². The second-order valence-electron chi connectivity index (χ2n) is 4.24. The second kappa shape index (κ2) is 6.12. The van der Waals surface area contributed by atoms with Crippen LogP contribution in [0.4, 0.5) is 10.1 Å².